The highest BCUT2D eigenvalue weighted by Crippen LogP contribution is 2.49. The average Bonchev–Trinajstić information content (AvgIpc) is 3.09. The van der Waals surface area contributed by atoms with E-state index in [1.165, 1.54) is 65.6 Å². The number of rotatable bonds is 9. The SMILES string of the molecule is C[C@H](c1ccc(Oc2cccc(OCC(=O)O)c2)cc1Cl)[C@@](O)(c1ccc2c(c1)n(C)c(=O)n2C)C(C)(F)F. The van der Waals surface area contributed by atoms with Crippen LogP contribution in [0.25, 0.3) is 11.0 Å². The first-order valence-corrected chi connectivity index (χ1v) is 12.3. The molecule has 1 aromatic heterocycles. The Morgan fingerprint density at radius 1 is 1.00 bits per heavy atom. The van der Waals surface area contributed by atoms with Crippen LogP contribution >= 0.6 is 11.6 Å². The maximum atomic E-state index is 15.2. The molecule has 3 aromatic carbocycles. The molecular weight excluding hydrogens is 534 g/mol. The van der Waals surface area contributed by atoms with Crippen molar-refractivity contribution in [1.29, 1.82) is 0 Å². The van der Waals surface area contributed by atoms with E-state index in [1.54, 1.807) is 25.2 Å². The summed E-state index contributed by atoms with van der Waals surface area (Å²) < 4.78 is 44.0. The van der Waals surface area contributed by atoms with Crippen LogP contribution in [0.2, 0.25) is 5.02 Å². The molecule has 4 rings (SSSR count). The predicted molar refractivity (Wildman–Crippen MR) is 142 cm³/mol. The number of halogens is 3. The molecule has 0 aliphatic carbocycles. The zero-order valence-corrected chi connectivity index (χ0v) is 22.4. The first-order chi connectivity index (χ1) is 18.2. The molecule has 1 heterocycles. The summed E-state index contributed by atoms with van der Waals surface area (Å²) in [7, 11) is 3.11. The number of carboxylic acids is 1. The maximum Gasteiger partial charge on any atom is 0.341 e. The minimum absolute atomic E-state index is 0.0641. The molecule has 39 heavy (non-hydrogen) atoms. The summed E-state index contributed by atoms with van der Waals surface area (Å²) in [6.45, 7) is 1.58. The zero-order valence-electron chi connectivity index (χ0n) is 21.6. The summed E-state index contributed by atoms with van der Waals surface area (Å²) in [4.78, 5) is 23.1. The van der Waals surface area contributed by atoms with Gasteiger partial charge >= 0.3 is 11.7 Å². The van der Waals surface area contributed by atoms with Gasteiger partial charge in [-0.25, -0.2) is 18.4 Å². The minimum Gasteiger partial charge on any atom is -0.482 e. The summed E-state index contributed by atoms with van der Waals surface area (Å²) >= 11 is 6.52. The van der Waals surface area contributed by atoms with Crippen LogP contribution < -0.4 is 15.2 Å². The van der Waals surface area contributed by atoms with E-state index in [-0.39, 0.29) is 27.6 Å². The highest BCUT2D eigenvalue weighted by atomic mass is 35.5. The lowest BCUT2D eigenvalue weighted by Crippen LogP contribution is -2.47. The van der Waals surface area contributed by atoms with Gasteiger partial charge in [0.15, 0.2) is 12.2 Å². The fourth-order valence-electron chi connectivity index (χ4n) is 4.68. The Labute approximate surface area is 227 Å². The van der Waals surface area contributed by atoms with Gasteiger partial charge in [-0.3, -0.25) is 9.13 Å². The lowest BCUT2D eigenvalue weighted by Gasteiger charge is -2.40. The van der Waals surface area contributed by atoms with Gasteiger partial charge in [0.1, 0.15) is 17.2 Å². The van der Waals surface area contributed by atoms with Gasteiger partial charge in [-0.1, -0.05) is 36.7 Å². The van der Waals surface area contributed by atoms with Crippen molar-refractivity contribution in [2.45, 2.75) is 31.3 Å². The lowest BCUT2D eigenvalue weighted by molar-refractivity contribution is -0.187. The van der Waals surface area contributed by atoms with Crippen LogP contribution in [0.3, 0.4) is 0 Å². The second-order valence-corrected chi connectivity index (χ2v) is 9.83. The van der Waals surface area contributed by atoms with Crippen molar-refractivity contribution in [1.82, 2.24) is 9.13 Å². The summed E-state index contributed by atoms with van der Waals surface area (Å²) in [6.07, 6.45) is 0. The smallest absolute Gasteiger partial charge is 0.341 e. The van der Waals surface area contributed by atoms with Crippen molar-refractivity contribution < 1.29 is 33.3 Å². The third-order valence-electron chi connectivity index (χ3n) is 6.85. The Bertz CT molecular complexity index is 1610. The number of ether oxygens (including phenoxy) is 2. The van der Waals surface area contributed by atoms with Gasteiger partial charge in [-0.05, 0) is 47.5 Å². The number of aliphatic hydroxyl groups is 1. The van der Waals surface area contributed by atoms with Crippen molar-refractivity contribution >= 4 is 28.6 Å². The van der Waals surface area contributed by atoms with E-state index in [1.807, 2.05) is 0 Å². The first kappa shape index (κ1) is 28.1. The van der Waals surface area contributed by atoms with Gasteiger partial charge in [-0.2, -0.15) is 0 Å². The Morgan fingerprint density at radius 2 is 1.64 bits per heavy atom. The predicted octanol–water partition coefficient (Wildman–Crippen LogP) is 5.43. The van der Waals surface area contributed by atoms with Crippen LogP contribution in [-0.4, -0.2) is 37.8 Å². The number of fused-ring (bicyclic) bond motifs is 1. The Balaban J connectivity index is 1.68. The monoisotopic (exact) mass is 560 g/mol. The minimum atomic E-state index is -3.59. The molecule has 0 unspecified atom stereocenters. The normalized spacial score (nSPS) is 14.2. The Morgan fingerprint density at radius 3 is 2.28 bits per heavy atom. The largest absolute Gasteiger partial charge is 0.482 e. The van der Waals surface area contributed by atoms with E-state index in [0.29, 0.717) is 29.5 Å². The molecule has 0 aliphatic rings. The van der Waals surface area contributed by atoms with Crippen LogP contribution in [0, 0.1) is 0 Å². The fourth-order valence-corrected chi connectivity index (χ4v) is 5.02. The highest BCUT2D eigenvalue weighted by Gasteiger charge is 2.54. The van der Waals surface area contributed by atoms with E-state index in [2.05, 4.69) is 0 Å². The van der Waals surface area contributed by atoms with Crippen LogP contribution in [0.1, 0.15) is 30.9 Å². The van der Waals surface area contributed by atoms with E-state index in [0.717, 1.165) is 0 Å². The molecule has 0 amide bonds. The topological polar surface area (TPSA) is 103 Å². The average molecular weight is 561 g/mol. The fraction of sp³-hybridized carbons (Fsp3) is 0.286. The molecule has 2 N–H and O–H groups in total. The van der Waals surface area contributed by atoms with Crippen molar-refractivity contribution in [3.8, 4) is 17.2 Å². The molecule has 2 atom stereocenters. The molecule has 0 radical (unpaired) electrons. The number of nitrogens with zero attached hydrogens (tertiary/aromatic N) is 2. The number of aromatic nitrogens is 2. The number of benzene rings is 3. The molecule has 0 bridgehead atoms. The number of aliphatic carboxylic acids is 1. The van der Waals surface area contributed by atoms with Gasteiger partial charge in [0, 0.05) is 38.0 Å². The Hall–Kier alpha value is -3.89. The maximum absolute atomic E-state index is 15.2. The summed E-state index contributed by atoms with van der Waals surface area (Å²) in [5, 5.41) is 20.5. The van der Waals surface area contributed by atoms with E-state index >= 15 is 8.78 Å². The van der Waals surface area contributed by atoms with Crippen LogP contribution in [-0.2, 0) is 24.5 Å². The number of hydrogen-bond acceptors (Lipinski definition) is 5. The highest BCUT2D eigenvalue weighted by molar-refractivity contribution is 6.31. The second-order valence-electron chi connectivity index (χ2n) is 9.42. The van der Waals surface area contributed by atoms with Gasteiger partial charge in [-0.15, -0.1) is 0 Å². The van der Waals surface area contributed by atoms with Gasteiger partial charge in [0.05, 0.1) is 11.0 Å². The van der Waals surface area contributed by atoms with Crippen LogP contribution in [0.15, 0.2) is 65.5 Å². The van der Waals surface area contributed by atoms with Gasteiger partial charge in [0.25, 0.3) is 5.92 Å². The molecule has 0 aliphatic heterocycles. The van der Waals surface area contributed by atoms with Crippen molar-refractivity contribution in [2.75, 3.05) is 6.61 Å². The molecule has 0 fully saturated rings. The molecule has 11 heteroatoms. The molecule has 0 saturated carbocycles. The van der Waals surface area contributed by atoms with Crippen LogP contribution in [0.5, 0.6) is 17.2 Å². The molecule has 0 spiro atoms. The zero-order chi connectivity index (χ0) is 28.7. The number of imidazole rings is 1. The van der Waals surface area contributed by atoms with E-state index in [9.17, 15) is 14.7 Å². The van der Waals surface area contributed by atoms with Gasteiger partial charge < -0.3 is 19.7 Å². The summed E-state index contributed by atoms with van der Waals surface area (Å²) in [5.74, 6) is -4.97. The molecule has 0 saturated heterocycles. The molecule has 4 aromatic rings. The molecule has 8 nitrogen and oxygen atoms in total. The quantitative estimate of drug-likeness (QED) is 0.283. The van der Waals surface area contributed by atoms with Gasteiger partial charge in [0.2, 0.25) is 0 Å². The van der Waals surface area contributed by atoms with Crippen molar-refractivity contribution in [3.63, 3.8) is 0 Å². The van der Waals surface area contributed by atoms with E-state index in [4.69, 9.17) is 26.2 Å². The standard InChI is InChI=1S/C28H27ClF2N2O6/c1-16(28(37,27(2,30)31)17-8-11-23-24(12-17)33(4)26(36)32(23)3)21-10-9-20(14-22(21)29)39-19-7-5-6-18(13-19)38-15-25(34)35/h5-14,16,37H,15H2,1-4H3,(H,34,35)/t16-,28-/m1/s1. The number of carbonyl (C=O) groups is 1. The number of alkyl halides is 2. The molecule has 206 valence electrons. The summed E-state index contributed by atoms with van der Waals surface area (Å²) in [6, 6.07) is 15.1. The Kier molecular flexibility index (Phi) is 7.46. The number of hydrogen-bond donors (Lipinski definition) is 2. The third-order valence-corrected chi connectivity index (χ3v) is 7.18. The second kappa shape index (κ2) is 10.3. The third kappa shape index (κ3) is 5.22. The molecular formula is C28H27ClF2N2O6. The number of aryl methyl sites for hydroxylation is 2. The van der Waals surface area contributed by atoms with Crippen molar-refractivity contribution in [2.24, 2.45) is 14.1 Å². The van der Waals surface area contributed by atoms with E-state index < -0.39 is 30.0 Å². The summed E-state index contributed by atoms with van der Waals surface area (Å²) in [5.41, 5.74) is -1.86. The number of carboxylic acid groups (broad SMARTS) is 1. The lowest BCUT2D eigenvalue weighted by atomic mass is 9.74. The van der Waals surface area contributed by atoms with Crippen molar-refractivity contribution in [3.05, 3.63) is 87.3 Å². The van der Waals surface area contributed by atoms with Crippen LogP contribution in [0.4, 0.5) is 8.78 Å². The first-order valence-electron chi connectivity index (χ1n) is 11.9.